The monoisotopic (exact) mass is 348 g/mol. The molecule has 6 nitrogen and oxygen atoms in total. The molecule has 8 heteroatoms. The van der Waals surface area contributed by atoms with Gasteiger partial charge in [0.15, 0.2) is 0 Å². The minimum Gasteiger partial charge on any atom is -0.858 e. The number of nitrogens with one attached hydrogen (secondary N) is 1. The van der Waals surface area contributed by atoms with Gasteiger partial charge in [-0.15, -0.1) is 21.5 Å². The second-order valence-corrected chi connectivity index (χ2v) is 6.27. The van der Waals surface area contributed by atoms with Crippen molar-refractivity contribution in [2.24, 2.45) is 4.99 Å². The van der Waals surface area contributed by atoms with Crippen molar-refractivity contribution in [1.82, 2.24) is 20.6 Å². The van der Waals surface area contributed by atoms with E-state index in [4.69, 9.17) is 0 Å². The number of tetrazole rings is 1. The van der Waals surface area contributed by atoms with Crippen molar-refractivity contribution in [2.45, 2.75) is 0 Å². The van der Waals surface area contributed by atoms with Crippen molar-refractivity contribution in [3.63, 3.8) is 0 Å². The molecule has 0 radical (unpaired) electrons. The fraction of sp³-hybridized carbons (Fsp3) is 0. The van der Waals surface area contributed by atoms with Gasteiger partial charge in [-0.2, -0.15) is 5.21 Å². The zero-order valence-electron chi connectivity index (χ0n) is 9.95. The Kier molecular flexibility index (Phi) is 3.57. The number of halogens is 1. The standard InChI is InChI=1S/C12H8BrN5OS/c13-10-5-4-9(20-10)12(19)14-8-3-1-2-7(6-8)11-15-17-18-16-11/h1-6H,(H,14,19)(H,15,16,17,18)/p-1. The smallest absolute Gasteiger partial charge is 0.204 e. The summed E-state index contributed by atoms with van der Waals surface area (Å²) >= 11 is 4.67. The quantitative estimate of drug-likeness (QED) is 0.579. The van der Waals surface area contributed by atoms with E-state index in [9.17, 15) is 5.11 Å². The Bertz CT molecular complexity index is 753. The molecule has 0 bridgehead atoms. The van der Waals surface area contributed by atoms with Gasteiger partial charge < -0.3 is 5.11 Å². The van der Waals surface area contributed by atoms with Crippen molar-refractivity contribution in [2.75, 3.05) is 0 Å². The number of aliphatic imine (C=N–C) groups is 1. The summed E-state index contributed by atoms with van der Waals surface area (Å²) < 4.78 is 0.900. The van der Waals surface area contributed by atoms with E-state index in [1.165, 1.54) is 11.3 Å². The van der Waals surface area contributed by atoms with Gasteiger partial charge in [0.25, 0.3) is 0 Å². The molecule has 20 heavy (non-hydrogen) atoms. The largest absolute Gasteiger partial charge is 0.858 e. The van der Waals surface area contributed by atoms with Crippen molar-refractivity contribution >= 4 is 38.9 Å². The highest BCUT2D eigenvalue weighted by atomic mass is 79.9. The van der Waals surface area contributed by atoms with Gasteiger partial charge in [-0.25, -0.2) is 0 Å². The number of rotatable bonds is 3. The number of thiophene rings is 1. The number of hydrogen-bond donors (Lipinski definition) is 1. The highest BCUT2D eigenvalue weighted by Crippen LogP contribution is 2.24. The summed E-state index contributed by atoms with van der Waals surface area (Å²) in [4.78, 5) is 4.66. The normalized spacial score (nSPS) is 11.8. The average molecular weight is 349 g/mol. The molecule has 2 aromatic heterocycles. The summed E-state index contributed by atoms with van der Waals surface area (Å²) in [7, 11) is 0. The van der Waals surface area contributed by atoms with E-state index < -0.39 is 0 Å². The third kappa shape index (κ3) is 2.75. The van der Waals surface area contributed by atoms with Crippen molar-refractivity contribution in [3.05, 3.63) is 45.1 Å². The molecule has 0 atom stereocenters. The molecule has 0 aliphatic heterocycles. The topological polar surface area (TPSA) is 89.9 Å². The molecular formula is C12H7BrN5OS-. The lowest BCUT2D eigenvalue weighted by Gasteiger charge is -2.08. The lowest BCUT2D eigenvalue weighted by molar-refractivity contribution is -0.212. The molecule has 1 N–H and O–H groups in total. The summed E-state index contributed by atoms with van der Waals surface area (Å²) in [6, 6.07) is 10.7. The van der Waals surface area contributed by atoms with Crippen molar-refractivity contribution in [3.8, 4) is 11.4 Å². The number of aromatic nitrogens is 4. The second kappa shape index (κ2) is 5.51. The zero-order valence-corrected chi connectivity index (χ0v) is 12.3. The van der Waals surface area contributed by atoms with Gasteiger partial charge in [0.1, 0.15) is 0 Å². The predicted molar refractivity (Wildman–Crippen MR) is 77.8 cm³/mol. The SMILES string of the molecule is [O-]C(=Nc1cccc(-c2nn[nH]n2)c1)c1ccc(Br)s1. The van der Waals surface area contributed by atoms with Gasteiger partial charge in [-0.05, 0) is 45.4 Å². The Morgan fingerprint density at radius 3 is 2.90 bits per heavy atom. The van der Waals surface area contributed by atoms with Crippen LogP contribution >= 0.6 is 27.3 Å². The number of aromatic amines is 1. The molecular weight excluding hydrogens is 342 g/mol. The predicted octanol–water partition coefficient (Wildman–Crippen LogP) is 2.13. The minimum absolute atomic E-state index is 0.272. The maximum atomic E-state index is 12.0. The van der Waals surface area contributed by atoms with Crippen LogP contribution in [0.4, 0.5) is 5.69 Å². The van der Waals surface area contributed by atoms with E-state index in [1.54, 1.807) is 24.3 Å². The highest BCUT2D eigenvalue weighted by molar-refractivity contribution is 9.11. The van der Waals surface area contributed by atoms with Crippen LogP contribution in [0.5, 0.6) is 0 Å². The maximum absolute atomic E-state index is 12.0. The van der Waals surface area contributed by atoms with Gasteiger partial charge in [-0.3, -0.25) is 4.99 Å². The van der Waals surface area contributed by atoms with Gasteiger partial charge in [0.2, 0.25) is 5.82 Å². The first kappa shape index (κ1) is 12.9. The van der Waals surface area contributed by atoms with Crippen molar-refractivity contribution < 1.29 is 5.11 Å². The second-order valence-electron chi connectivity index (χ2n) is 3.81. The van der Waals surface area contributed by atoms with Crippen LogP contribution in [-0.2, 0) is 0 Å². The molecule has 0 saturated carbocycles. The van der Waals surface area contributed by atoms with Crippen LogP contribution in [0.25, 0.3) is 11.4 Å². The molecule has 0 aliphatic rings. The highest BCUT2D eigenvalue weighted by Gasteiger charge is 2.03. The number of hydrogen-bond acceptors (Lipinski definition) is 6. The van der Waals surface area contributed by atoms with Gasteiger partial charge in [0, 0.05) is 16.3 Å². The summed E-state index contributed by atoms with van der Waals surface area (Å²) in [5, 5.41) is 25.7. The minimum atomic E-state index is -0.272. The summed E-state index contributed by atoms with van der Waals surface area (Å²) in [5.41, 5.74) is 1.31. The van der Waals surface area contributed by atoms with E-state index in [2.05, 4.69) is 41.5 Å². The first-order valence-electron chi connectivity index (χ1n) is 5.58. The van der Waals surface area contributed by atoms with Crippen molar-refractivity contribution in [1.29, 1.82) is 0 Å². The summed E-state index contributed by atoms with van der Waals surface area (Å²) in [6.45, 7) is 0. The Hall–Kier alpha value is -2.06. The number of H-pyrrole nitrogens is 1. The molecule has 0 fully saturated rings. The van der Waals surface area contributed by atoms with E-state index in [-0.39, 0.29) is 5.90 Å². The molecule has 3 rings (SSSR count). The summed E-state index contributed by atoms with van der Waals surface area (Å²) in [5.74, 6) is 0.194. The Morgan fingerprint density at radius 1 is 1.30 bits per heavy atom. The van der Waals surface area contributed by atoms with Crippen LogP contribution < -0.4 is 5.11 Å². The molecule has 100 valence electrons. The van der Waals surface area contributed by atoms with E-state index in [1.807, 2.05) is 12.1 Å². The van der Waals surface area contributed by atoms with Crippen LogP contribution in [-0.4, -0.2) is 26.5 Å². The van der Waals surface area contributed by atoms with Gasteiger partial charge >= 0.3 is 0 Å². The van der Waals surface area contributed by atoms with E-state index >= 15 is 0 Å². The number of nitrogens with zero attached hydrogens (tertiary/aromatic N) is 4. The Morgan fingerprint density at radius 2 is 2.20 bits per heavy atom. The van der Waals surface area contributed by atoms with Gasteiger partial charge in [-0.1, -0.05) is 12.1 Å². The average Bonchev–Trinajstić information content (AvgIpc) is 3.10. The maximum Gasteiger partial charge on any atom is 0.204 e. The molecule has 2 heterocycles. The van der Waals surface area contributed by atoms with Crippen LogP contribution in [0.15, 0.2) is 45.2 Å². The first-order valence-corrected chi connectivity index (χ1v) is 7.18. The van der Waals surface area contributed by atoms with Crippen LogP contribution in [0, 0.1) is 0 Å². The lowest BCUT2D eigenvalue weighted by atomic mass is 10.2. The zero-order chi connectivity index (χ0) is 13.9. The van der Waals surface area contributed by atoms with Gasteiger partial charge in [0.05, 0.1) is 9.47 Å². The fourth-order valence-electron chi connectivity index (χ4n) is 1.60. The number of benzene rings is 1. The van der Waals surface area contributed by atoms with E-state index in [0.717, 1.165) is 9.35 Å². The van der Waals surface area contributed by atoms with Crippen LogP contribution in [0.2, 0.25) is 0 Å². The van der Waals surface area contributed by atoms with Crippen LogP contribution in [0.3, 0.4) is 0 Å². The third-order valence-electron chi connectivity index (χ3n) is 2.46. The lowest BCUT2D eigenvalue weighted by Crippen LogP contribution is -2.16. The molecule has 0 amide bonds. The Labute approximate surface area is 126 Å². The summed E-state index contributed by atoms with van der Waals surface area (Å²) in [6.07, 6.45) is 0. The third-order valence-corrected chi connectivity index (χ3v) is 4.08. The molecule has 3 aromatic rings. The first-order chi connectivity index (χ1) is 9.72. The molecule has 0 aliphatic carbocycles. The Balaban J connectivity index is 1.93. The fourth-order valence-corrected chi connectivity index (χ4v) is 2.87. The molecule has 0 saturated heterocycles. The molecule has 0 spiro atoms. The van der Waals surface area contributed by atoms with Crippen LogP contribution in [0.1, 0.15) is 4.88 Å². The van der Waals surface area contributed by atoms with E-state index in [0.29, 0.717) is 16.4 Å². The molecule has 0 unspecified atom stereocenters. The molecule has 1 aromatic carbocycles.